The normalized spacial score (nSPS) is 11.7. The molecule has 1 amide bonds. The average molecular weight is 407 g/mol. The lowest BCUT2D eigenvalue weighted by molar-refractivity contribution is -0.154. The smallest absolute Gasteiger partial charge is 0.422 e. The molecule has 3 aromatic rings. The Kier molecular flexibility index (Phi) is 5.71. The van der Waals surface area contributed by atoms with E-state index in [4.69, 9.17) is 4.74 Å². The van der Waals surface area contributed by atoms with Gasteiger partial charge in [-0.05, 0) is 31.5 Å². The Bertz CT molecular complexity index is 1050. The van der Waals surface area contributed by atoms with Crippen LogP contribution in [0.2, 0.25) is 0 Å². The zero-order valence-electron chi connectivity index (χ0n) is 16.2. The summed E-state index contributed by atoms with van der Waals surface area (Å²) in [6.45, 7) is 4.22. The van der Waals surface area contributed by atoms with Crippen LogP contribution in [0.5, 0.6) is 5.88 Å². The fourth-order valence-electron chi connectivity index (χ4n) is 2.88. The summed E-state index contributed by atoms with van der Waals surface area (Å²) in [6.07, 6.45) is -1.05. The fourth-order valence-corrected chi connectivity index (χ4v) is 2.88. The monoisotopic (exact) mass is 407 g/mol. The summed E-state index contributed by atoms with van der Waals surface area (Å²) in [6, 6.07) is 3.46. The Hall–Kier alpha value is -3.17. The molecule has 29 heavy (non-hydrogen) atoms. The molecule has 7 nitrogen and oxygen atoms in total. The molecule has 10 heteroatoms. The number of halogens is 3. The van der Waals surface area contributed by atoms with E-state index in [-0.39, 0.29) is 11.8 Å². The quantitative estimate of drug-likeness (QED) is 0.673. The minimum absolute atomic E-state index is 0.0535. The van der Waals surface area contributed by atoms with E-state index >= 15 is 0 Å². The van der Waals surface area contributed by atoms with Gasteiger partial charge in [-0.1, -0.05) is 6.92 Å². The van der Waals surface area contributed by atoms with Crippen molar-refractivity contribution in [3.8, 4) is 5.88 Å². The Morgan fingerprint density at radius 1 is 1.28 bits per heavy atom. The van der Waals surface area contributed by atoms with E-state index in [1.807, 2.05) is 6.92 Å². The third-order valence-corrected chi connectivity index (χ3v) is 4.28. The minimum Gasteiger partial charge on any atom is -0.468 e. The van der Waals surface area contributed by atoms with E-state index in [9.17, 15) is 18.0 Å². The maximum Gasteiger partial charge on any atom is 0.422 e. The van der Waals surface area contributed by atoms with Gasteiger partial charge >= 0.3 is 6.18 Å². The number of hydrogen-bond donors (Lipinski definition) is 1. The van der Waals surface area contributed by atoms with Crippen LogP contribution in [0.25, 0.3) is 10.9 Å². The van der Waals surface area contributed by atoms with Crippen molar-refractivity contribution in [3.63, 3.8) is 0 Å². The van der Waals surface area contributed by atoms with Crippen LogP contribution in [-0.2, 0) is 11.3 Å². The van der Waals surface area contributed by atoms with Crippen molar-refractivity contribution in [2.24, 2.45) is 0 Å². The molecular weight excluding hydrogens is 387 g/mol. The number of alkyl halides is 3. The first-order valence-electron chi connectivity index (χ1n) is 8.95. The first-order valence-corrected chi connectivity index (χ1v) is 8.95. The SMILES string of the molecule is CCC(=O)Nc1nccc2nn(Cc3cnc(OCC(F)(F)F)c(C)c3)c(C)c12. The summed E-state index contributed by atoms with van der Waals surface area (Å²) in [7, 11) is 0. The Balaban J connectivity index is 1.85. The van der Waals surface area contributed by atoms with Gasteiger partial charge in [0.15, 0.2) is 6.61 Å². The minimum atomic E-state index is -4.42. The van der Waals surface area contributed by atoms with E-state index in [1.54, 1.807) is 36.9 Å². The first kappa shape index (κ1) is 20.6. The van der Waals surface area contributed by atoms with Gasteiger partial charge in [-0.2, -0.15) is 18.3 Å². The van der Waals surface area contributed by atoms with E-state index in [1.165, 1.54) is 6.20 Å². The number of hydrogen-bond acceptors (Lipinski definition) is 5. The molecule has 0 spiro atoms. The molecule has 0 aliphatic carbocycles. The van der Waals surface area contributed by atoms with Crippen LogP contribution in [0.15, 0.2) is 24.5 Å². The molecule has 0 aromatic carbocycles. The highest BCUT2D eigenvalue weighted by Crippen LogP contribution is 2.26. The molecule has 0 radical (unpaired) electrons. The number of carbonyl (C=O) groups excluding carboxylic acids is 1. The van der Waals surface area contributed by atoms with Crippen molar-refractivity contribution in [2.45, 2.75) is 39.9 Å². The maximum absolute atomic E-state index is 12.3. The molecule has 0 aliphatic rings. The van der Waals surface area contributed by atoms with Gasteiger partial charge in [-0.15, -0.1) is 0 Å². The molecule has 0 fully saturated rings. The number of anilines is 1. The summed E-state index contributed by atoms with van der Waals surface area (Å²) in [5.74, 6) is 0.247. The maximum atomic E-state index is 12.3. The second-order valence-corrected chi connectivity index (χ2v) is 6.57. The predicted octanol–water partition coefficient (Wildman–Crippen LogP) is 3.78. The van der Waals surface area contributed by atoms with Crippen LogP contribution in [0.4, 0.5) is 19.0 Å². The summed E-state index contributed by atoms with van der Waals surface area (Å²) in [5.41, 5.74) is 2.73. The molecule has 0 aliphatic heterocycles. The van der Waals surface area contributed by atoms with Crippen LogP contribution in [-0.4, -0.2) is 38.4 Å². The molecular formula is C19H20F3N5O2. The second kappa shape index (κ2) is 8.06. The Morgan fingerprint density at radius 3 is 2.69 bits per heavy atom. The van der Waals surface area contributed by atoms with Crippen molar-refractivity contribution in [3.05, 3.63) is 41.3 Å². The average Bonchev–Trinajstić information content (AvgIpc) is 2.97. The van der Waals surface area contributed by atoms with E-state index < -0.39 is 12.8 Å². The van der Waals surface area contributed by atoms with Crippen LogP contribution in [0, 0.1) is 13.8 Å². The number of amides is 1. The topological polar surface area (TPSA) is 81.9 Å². The summed E-state index contributed by atoms with van der Waals surface area (Å²) >= 11 is 0. The number of carbonyl (C=O) groups is 1. The lowest BCUT2D eigenvalue weighted by Crippen LogP contribution is -2.20. The standard InChI is InChI=1S/C19H20F3N5O2/c1-4-15(28)25-17-16-12(3)27(26-14(16)5-6-23-17)9-13-7-11(2)18(24-8-13)29-10-19(20,21)22/h5-8H,4,9-10H2,1-3H3,(H,23,25,28). The third kappa shape index (κ3) is 4.82. The Labute approximate surface area is 164 Å². The van der Waals surface area contributed by atoms with E-state index in [0.29, 0.717) is 29.9 Å². The Morgan fingerprint density at radius 2 is 2.03 bits per heavy atom. The van der Waals surface area contributed by atoms with Crippen molar-refractivity contribution in [1.29, 1.82) is 0 Å². The van der Waals surface area contributed by atoms with Crippen molar-refractivity contribution >= 4 is 22.6 Å². The number of aryl methyl sites for hydroxylation is 2. The van der Waals surface area contributed by atoms with Crippen molar-refractivity contribution in [1.82, 2.24) is 19.7 Å². The highest BCUT2D eigenvalue weighted by Gasteiger charge is 2.29. The molecule has 0 saturated heterocycles. The zero-order chi connectivity index (χ0) is 21.2. The molecule has 3 aromatic heterocycles. The van der Waals surface area contributed by atoms with Gasteiger partial charge in [0.2, 0.25) is 11.8 Å². The number of fused-ring (bicyclic) bond motifs is 1. The molecule has 3 rings (SSSR count). The van der Waals surface area contributed by atoms with Gasteiger partial charge in [0.1, 0.15) is 5.82 Å². The first-order chi connectivity index (χ1) is 13.7. The number of nitrogens with one attached hydrogen (secondary N) is 1. The molecule has 1 N–H and O–H groups in total. The summed E-state index contributed by atoms with van der Waals surface area (Å²) < 4.78 is 43.4. The lowest BCUT2D eigenvalue weighted by Gasteiger charge is -2.12. The van der Waals surface area contributed by atoms with Gasteiger partial charge in [-0.25, -0.2) is 9.97 Å². The lowest BCUT2D eigenvalue weighted by atomic mass is 10.2. The predicted molar refractivity (Wildman–Crippen MR) is 101 cm³/mol. The van der Waals surface area contributed by atoms with Crippen molar-refractivity contribution in [2.75, 3.05) is 11.9 Å². The third-order valence-electron chi connectivity index (χ3n) is 4.28. The molecule has 0 unspecified atom stereocenters. The number of rotatable bonds is 6. The largest absolute Gasteiger partial charge is 0.468 e. The van der Waals surface area contributed by atoms with E-state index in [0.717, 1.165) is 16.6 Å². The van der Waals surface area contributed by atoms with Crippen LogP contribution >= 0.6 is 0 Å². The second-order valence-electron chi connectivity index (χ2n) is 6.57. The molecule has 0 atom stereocenters. The summed E-state index contributed by atoms with van der Waals surface area (Å²) in [4.78, 5) is 20.0. The fraction of sp³-hybridized carbons (Fsp3) is 0.368. The number of aromatic nitrogens is 4. The summed E-state index contributed by atoms with van der Waals surface area (Å²) in [5, 5.41) is 8.05. The van der Waals surface area contributed by atoms with E-state index in [2.05, 4.69) is 20.4 Å². The van der Waals surface area contributed by atoms with Gasteiger partial charge in [0.25, 0.3) is 0 Å². The van der Waals surface area contributed by atoms with Crippen LogP contribution in [0.1, 0.15) is 30.2 Å². The highest BCUT2D eigenvalue weighted by molar-refractivity contribution is 6.00. The molecule has 154 valence electrons. The molecule has 0 saturated carbocycles. The van der Waals surface area contributed by atoms with Gasteiger partial charge in [0, 0.05) is 30.1 Å². The number of ether oxygens (including phenoxy) is 1. The van der Waals surface area contributed by atoms with Crippen LogP contribution < -0.4 is 10.1 Å². The van der Waals surface area contributed by atoms with Crippen molar-refractivity contribution < 1.29 is 22.7 Å². The van der Waals surface area contributed by atoms with Gasteiger partial charge in [0.05, 0.1) is 17.4 Å². The highest BCUT2D eigenvalue weighted by atomic mass is 19.4. The van der Waals surface area contributed by atoms with Gasteiger partial charge in [-0.3, -0.25) is 9.48 Å². The zero-order valence-corrected chi connectivity index (χ0v) is 16.2. The number of pyridine rings is 2. The van der Waals surface area contributed by atoms with Crippen LogP contribution in [0.3, 0.4) is 0 Å². The molecule has 3 heterocycles. The number of nitrogens with zero attached hydrogens (tertiary/aromatic N) is 4. The van der Waals surface area contributed by atoms with Gasteiger partial charge < -0.3 is 10.1 Å². The molecule has 0 bridgehead atoms.